The summed E-state index contributed by atoms with van der Waals surface area (Å²) in [6, 6.07) is 0. The first kappa shape index (κ1) is 21.0. The Morgan fingerprint density at radius 2 is 1.92 bits per heavy atom. The molecule has 0 spiro atoms. The Bertz CT molecular complexity index is 395. The molecule has 0 unspecified atom stereocenters. The quantitative estimate of drug-likeness (QED) is 0.488. The Morgan fingerprint density at radius 3 is 2.52 bits per heavy atom. The Hall–Kier alpha value is -0.340. The standard InChI is InChI=1S/C18H35N3O3S/c1-16(2)14-19-17(22)18(4-6-21(25-3)7-5-18)15-24-13-10-20-8-11-23-12-9-20/h16H,4-15H2,1-3H3,(H,19,22). The van der Waals surface area contributed by atoms with Crippen molar-refractivity contribution in [3.05, 3.63) is 0 Å². The molecule has 2 aliphatic rings. The van der Waals surface area contributed by atoms with Gasteiger partial charge >= 0.3 is 0 Å². The van der Waals surface area contributed by atoms with Gasteiger partial charge in [0.05, 0.1) is 31.8 Å². The number of rotatable bonds is 9. The number of nitrogens with one attached hydrogen (secondary N) is 1. The van der Waals surface area contributed by atoms with Crippen molar-refractivity contribution in [2.75, 3.05) is 72.0 Å². The Balaban J connectivity index is 1.82. The van der Waals surface area contributed by atoms with Crippen molar-refractivity contribution in [3.8, 4) is 0 Å². The maximum Gasteiger partial charge on any atom is 0.228 e. The molecule has 2 saturated heterocycles. The minimum atomic E-state index is -0.369. The van der Waals surface area contributed by atoms with E-state index in [1.54, 1.807) is 11.9 Å². The van der Waals surface area contributed by atoms with Crippen molar-refractivity contribution < 1.29 is 14.3 Å². The largest absolute Gasteiger partial charge is 0.379 e. The molecule has 0 aromatic rings. The molecule has 6 nitrogen and oxygen atoms in total. The zero-order valence-corrected chi connectivity index (χ0v) is 16.9. The van der Waals surface area contributed by atoms with Crippen LogP contribution in [0.15, 0.2) is 0 Å². The second-order valence-corrected chi connectivity index (χ2v) is 8.38. The maximum absolute atomic E-state index is 12.9. The average molecular weight is 374 g/mol. The summed E-state index contributed by atoms with van der Waals surface area (Å²) in [5.74, 6) is 0.642. The topological polar surface area (TPSA) is 54.0 Å². The number of nitrogens with zero attached hydrogens (tertiary/aromatic N) is 2. The van der Waals surface area contributed by atoms with E-state index in [2.05, 4.69) is 34.6 Å². The van der Waals surface area contributed by atoms with Crippen LogP contribution >= 0.6 is 11.9 Å². The highest BCUT2D eigenvalue weighted by molar-refractivity contribution is 7.96. The van der Waals surface area contributed by atoms with Crippen LogP contribution < -0.4 is 5.32 Å². The third-order valence-corrected chi connectivity index (χ3v) is 6.01. The van der Waals surface area contributed by atoms with E-state index in [-0.39, 0.29) is 11.3 Å². The van der Waals surface area contributed by atoms with E-state index >= 15 is 0 Å². The minimum Gasteiger partial charge on any atom is -0.379 e. The number of ether oxygens (including phenoxy) is 2. The molecule has 0 bridgehead atoms. The molecule has 2 rings (SSSR count). The van der Waals surface area contributed by atoms with E-state index in [4.69, 9.17) is 9.47 Å². The highest BCUT2D eigenvalue weighted by Crippen LogP contribution is 2.34. The predicted molar refractivity (Wildman–Crippen MR) is 103 cm³/mol. The molecule has 0 aromatic carbocycles. The van der Waals surface area contributed by atoms with Crippen LogP contribution in [0.2, 0.25) is 0 Å². The number of carbonyl (C=O) groups is 1. The Labute approximate surface area is 157 Å². The van der Waals surface area contributed by atoms with Crippen LogP contribution in [0.25, 0.3) is 0 Å². The monoisotopic (exact) mass is 373 g/mol. The van der Waals surface area contributed by atoms with Gasteiger partial charge in [0.25, 0.3) is 0 Å². The van der Waals surface area contributed by atoms with Crippen LogP contribution in [0.1, 0.15) is 26.7 Å². The molecule has 1 amide bonds. The Kier molecular flexibility index (Phi) is 8.99. The van der Waals surface area contributed by atoms with Crippen LogP contribution in [0.3, 0.4) is 0 Å². The molecule has 0 saturated carbocycles. The average Bonchev–Trinajstić information content (AvgIpc) is 2.64. The van der Waals surface area contributed by atoms with E-state index in [9.17, 15) is 4.79 Å². The molecule has 0 atom stereocenters. The molecular weight excluding hydrogens is 338 g/mol. The van der Waals surface area contributed by atoms with Gasteiger partial charge in [-0.1, -0.05) is 25.8 Å². The summed E-state index contributed by atoms with van der Waals surface area (Å²) in [6.45, 7) is 12.6. The van der Waals surface area contributed by atoms with Gasteiger partial charge in [-0.3, -0.25) is 14.0 Å². The summed E-state index contributed by atoms with van der Waals surface area (Å²) in [6.07, 6.45) is 3.84. The number of piperidine rings is 1. The fourth-order valence-corrected chi connectivity index (χ4v) is 3.85. The lowest BCUT2D eigenvalue weighted by atomic mass is 9.78. The third-order valence-electron chi connectivity index (χ3n) is 5.12. The van der Waals surface area contributed by atoms with Gasteiger partial charge in [-0.2, -0.15) is 0 Å². The summed E-state index contributed by atoms with van der Waals surface area (Å²) >= 11 is 1.77. The van der Waals surface area contributed by atoms with E-state index in [1.165, 1.54) is 0 Å². The molecule has 0 aromatic heterocycles. The highest BCUT2D eigenvalue weighted by atomic mass is 32.2. The fourth-order valence-electron chi connectivity index (χ4n) is 3.30. The normalized spacial score (nSPS) is 22.2. The van der Waals surface area contributed by atoms with Crippen LogP contribution in [0.5, 0.6) is 0 Å². The van der Waals surface area contributed by atoms with Crippen LogP contribution in [0, 0.1) is 11.3 Å². The van der Waals surface area contributed by atoms with Gasteiger partial charge < -0.3 is 14.8 Å². The molecule has 0 aliphatic carbocycles. The lowest BCUT2D eigenvalue weighted by Gasteiger charge is -2.39. The first-order valence-corrected chi connectivity index (χ1v) is 10.7. The summed E-state index contributed by atoms with van der Waals surface area (Å²) in [4.78, 5) is 15.2. The van der Waals surface area contributed by atoms with Crippen molar-refractivity contribution in [3.63, 3.8) is 0 Å². The first-order valence-electron chi connectivity index (χ1n) is 9.51. The maximum atomic E-state index is 12.9. The van der Waals surface area contributed by atoms with E-state index in [0.717, 1.165) is 65.3 Å². The molecule has 7 heteroatoms. The van der Waals surface area contributed by atoms with Gasteiger partial charge in [0.1, 0.15) is 0 Å². The number of hydrogen-bond donors (Lipinski definition) is 1. The van der Waals surface area contributed by atoms with Gasteiger partial charge in [0.15, 0.2) is 0 Å². The van der Waals surface area contributed by atoms with Crippen LogP contribution in [-0.2, 0) is 14.3 Å². The SMILES string of the molecule is CSN1CCC(COCCN2CCOCC2)(C(=O)NCC(C)C)CC1. The second kappa shape index (κ2) is 10.7. The van der Waals surface area contributed by atoms with Crippen LogP contribution in [0.4, 0.5) is 0 Å². The molecule has 146 valence electrons. The van der Waals surface area contributed by atoms with Crippen LogP contribution in [-0.4, -0.2) is 87.1 Å². The van der Waals surface area contributed by atoms with E-state index in [0.29, 0.717) is 19.1 Å². The number of hydrogen-bond acceptors (Lipinski definition) is 6. The second-order valence-electron chi connectivity index (χ2n) is 7.50. The molecule has 25 heavy (non-hydrogen) atoms. The van der Waals surface area contributed by atoms with Crippen molar-refractivity contribution in [2.24, 2.45) is 11.3 Å². The lowest BCUT2D eigenvalue weighted by molar-refractivity contribution is -0.138. The van der Waals surface area contributed by atoms with Crippen molar-refractivity contribution in [1.82, 2.24) is 14.5 Å². The summed E-state index contributed by atoms with van der Waals surface area (Å²) in [7, 11) is 0. The molecular formula is C18H35N3O3S. The lowest BCUT2D eigenvalue weighted by Crippen LogP contribution is -2.51. The molecule has 0 radical (unpaired) electrons. The van der Waals surface area contributed by atoms with Crippen molar-refractivity contribution >= 4 is 17.9 Å². The summed E-state index contributed by atoms with van der Waals surface area (Å²) in [5, 5.41) is 3.14. The first-order chi connectivity index (χ1) is 12.1. The van der Waals surface area contributed by atoms with Crippen molar-refractivity contribution in [2.45, 2.75) is 26.7 Å². The van der Waals surface area contributed by atoms with Gasteiger partial charge in [-0.25, -0.2) is 0 Å². The fraction of sp³-hybridized carbons (Fsp3) is 0.944. The van der Waals surface area contributed by atoms with Gasteiger partial charge in [0.2, 0.25) is 5.91 Å². The summed E-state index contributed by atoms with van der Waals surface area (Å²) in [5.41, 5.74) is -0.369. The summed E-state index contributed by atoms with van der Waals surface area (Å²) < 4.78 is 13.7. The number of morpholine rings is 1. The minimum absolute atomic E-state index is 0.174. The molecule has 1 N–H and O–H groups in total. The number of carbonyl (C=O) groups excluding carboxylic acids is 1. The van der Waals surface area contributed by atoms with Gasteiger partial charge in [0, 0.05) is 39.3 Å². The smallest absolute Gasteiger partial charge is 0.228 e. The molecule has 2 heterocycles. The molecule has 2 fully saturated rings. The van der Waals surface area contributed by atoms with Gasteiger partial charge in [-0.15, -0.1) is 0 Å². The number of amides is 1. The third kappa shape index (κ3) is 6.71. The van der Waals surface area contributed by atoms with E-state index < -0.39 is 0 Å². The van der Waals surface area contributed by atoms with Gasteiger partial charge in [-0.05, 0) is 25.0 Å². The highest BCUT2D eigenvalue weighted by Gasteiger charge is 2.41. The Morgan fingerprint density at radius 1 is 1.24 bits per heavy atom. The predicted octanol–water partition coefficient (Wildman–Crippen LogP) is 1.47. The molecule has 2 aliphatic heterocycles. The van der Waals surface area contributed by atoms with Crippen molar-refractivity contribution in [1.29, 1.82) is 0 Å². The van der Waals surface area contributed by atoms with E-state index in [1.807, 2.05) is 0 Å². The zero-order chi connectivity index (χ0) is 18.1. The zero-order valence-electron chi connectivity index (χ0n) is 16.1.